The molecule has 0 N–H and O–H groups in total. The lowest BCUT2D eigenvalue weighted by Gasteiger charge is -2.44. The number of piperidine rings is 1. The van der Waals surface area contributed by atoms with Crippen LogP contribution in [0.3, 0.4) is 0 Å². The van der Waals surface area contributed by atoms with E-state index in [0.29, 0.717) is 37.2 Å². The van der Waals surface area contributed by atoms with Gasteiger partial charge in [0.2, 0.25) is 5.91 Å². The summed E-state index contributed by atoms with van der Waals surface area (Å²) >= 11 is 0. The van der Waals surface area contributed by atoms with Crippen LogP contribution < -0.4 is 4.74 Å². The third-order valence-corrected chi connectivity index (χ3v) is 6.18. The molecule has 0 aromatic heterocycles. The van der Waals surface area contributed by atoms with Gasteiger partial charge < -0.3 is 14.4 Å². The summed E-state index contributed by atoms with van der Waals surface area (Å²) in [6.07, 6.45) is 0.802. The van der Waals surface area contributed by atoms with E-state index in [4.69, 9.17) is 9.47 Å². The molecule has 162 valence electrons. The van der Waals surface area contributed by atoms with Crippen molar-refractivity contribution in [2.75, 3.05) is 33.3 Å². The first kappa shape index (κ1) is 22.0. The zero-order valence-electron chi connectivity index (χ0n) is 18.4. The molecule has 3 unspecified atom stereocenters. The van der Waals surface area contributed by atoms with Gasteiger partial charge in [-0.3, -0.25) is 9.69 Å². The molecule has 2 heterocycles. The van der Waals surface area contributed by atoms with Crippen LogP contribution in [-0.4, -0.2) is 67.2 Å². The highest BCUT2D eigenvalue weighted by Crippen LogP contribution is 2.41. The van der Waals surface area contributed by atoms with E-state index in [1.54, 1.807) is 19.2 Å². The van der Waals surface area contributed by atoms with Crippen LogP contribution >= 0.6 is 0 Å². The Bertz CT molecular complexity index is 693. The molecule has 6 heteroatoms. The average Bonchev–Trinajstić information content (AvgIpc) is 2.67. The molecular formula is C23H35FN2O3. The number of rotatable bonds is 5. The van der Waals surface area contributed by atoms with Gasteiger partial charge in [-0.05, 0) is 25.8 Å². The molecule has 3 rings (SSSR count). The van der Waals surface area contributed by atoms with Crippen molar-refractivity contribution in [1.82, 2.24) is 9.80 Å². The number of morpholine rings is 1. The molecule has 5 nitrogen and oxygen atoms in total. The summed E-state index contributed by atoms with van der Waals surface area (Å²) in [5, 5.41) is 0. The first-order valence-electron chi connectivity index (χ1n) is 10.8. The van der Waals surface area contributed by atoms with E-state index in [1.807, 2.05) is 17.0 Å². The van der Waals surface area contributed by atoms with Crippen LogP contribution in [0.1, 0.15) is 46.1 Å². The normalized spacial score (nSPS) is 26.4. The number of carbonyl (C=O) groups excluding carboxylic acids is 1. The molecule has 2 fully saturated rings. The van der Waals surface area contributed by atoms with Gasteiger partial charge in [-0.15, -0.1) is 0 Å². The Morgan fingerprint density at radius 1 is 1.17 bits per heavy atom. The largest absolute Gasteiger partial charge is 0.496 e. The molecule has 2 saturated heterocycles. The van der Waals surface area contributed by atoms with Crippen LogP contribution in [0.25, 0.3) is 0 Å². The Morgan fingerprint density at radius 2 is 1.76 bits per heavy atom. The highest BCUT2D eigenvalue weighted by atomic mass is 19.1. The number of amides is 1. The average molecular weight is 407 g/mol. The fourth-order valence-electron chi connectivity index (χ4n) is 4.86. The standard InChI is InChI=1S/C23H35FN2O3/c1-16(2)21(26-14-17(3)29-18(4)15-26)22(27)25-12-10-23(24,11-13-25)19-8-6-7-9-20(19)28-5/h6-9,16-18,21H,10-15H2,1-5H3. The molecule has 1 aromatic rings. The third kappa shape index (κ3) is 4.75. The molecule has 0 spiro atoms. The van der Waals surface area contributed by atoms with Crippen molar-refractivity contribution in [3.05, 3.63) is 29.8 Å². The van der Waals surface area contributed by atoms with Crippen molar-refractivity contribution < 1.29 is 18.7 Å². The van der Waals surface area contributed by atoms with Crippen molar-refractivity contribution in [3.8, 4) is 5.75 Å². The summed E-state index contributed by atoms with van der Waals surface area (Å²) in [6.45, 7) is 10.6. The predicted molar refractivity (Wildman–Crippen MR) is 112 cm³/mol. The Hall–Kier alpha value is -1.66. The molecule has 0 saturated carbocycles. The molecule has 3 atom stereocenters. The van der Waals surface area contributed by atoms with E-state index in [0.717, 1.165) is 13.1 Å². The van der Waals surface area contributed by atoms with Crippen LogP contribution in [-0.2, 0) is 15.2 Å². The Balaban J connectivity index is 1.71. The maximum absolute atomic E-state index is 15.8. The Kier molecular flexibility index (Phi) is 6.84. The highest BCUT2D eigenvalue weighted by molar-refractivity contribution is 5.82. The summed E-state index contributed by atoms with van der Waals surface area (Å²) in [4.78, 5) is 17.5. The molecule has 0 aliphatic carbocycles. The van der Waals surface area contributed by atoms with Gasteiger partial charge >= 0.3 is 0 Å². The van der Waals surface area contributed by atoms with Gasteiger partial charge in [-0.2, -0.15) is 0 Å². The van der Waals surface area contributed by atoms with E-state index in [2.05, 4.69) is 32.6 Å². The van der Waals surface area contributed by atoms with Gasteiger partial charge in [-0.1, -0.05) is 32.0 Å². The topological polar surface area (TPSA) is 42.0 Å². The minimum absolute atomic E-state index is 0.109. The van der Waals surface area contributed by atoms with E-state index < -0.39 is 5.67 Å². The number of benzene rings is 1. The summed E-state index contributed by atoms with van der Waals surface area (Å²) in [5.41, 5.74) is -0.871. The quantitative estimate of drug-likeness (QED) is 0.749. The number of methoxy groups -OCH3 is 1. The lowest BCUT2D eigenvalue weighted by atomic mass is 9.85. The zero-order valence-corrected chi connectivity index (χ0v) is 18.4. The van der Waals surface area contributed by atoms with Crippen LogP contribution in [0.15, 0.2) is 24.3 Å². The monoisotopic (exact) mass is 406 g/mol. The first-order chi connectivity index (χ1) is 13.7. The van der Waals surface area contributed by atoms with E-state index in [-0.39, 0.29) is 30.1 Å². The van der Waals surface area contributed by atoms with Gasteiger partial charge in [0.1, 0.15) is 11.4 Å². The lowest BCUT2D eigenvalue weighted by molar-refractivity contribution is -0.148. The summed E-state index contributed by atoms with van der Waals surface area (Å²) in [7, 11) is 1.57. The van der Waals surface area contributed by atoms with Gasteiger partial charge in [-0.25, -0.2) is 4.39 Å². The lowest BCUT2D eigenvalue weighted by Crippen LogP contribution is -2.58. The van der Waals surface area contributed by atoms with Crippen molar-refractivity contribution in [2.45, 2.75) is 64.5 Å². The van der Waals surface area contributed by atoms with Crippen molar-refractivity contribution >= 4 is 5.91 Å². The minimum atomic E-state index is -1.46. The van der Waals surface area contributed by atoms with Crippen molar-refractivity contribution in [3.63, 3.8) is 0 Å². The first-order valence-corrected chi connectivity index (χ1v) is 10.8. The summed E-state index contributed by atoms with van der Waals surface area (Å²) in [5.74, 6) is 0.876. The number of likely N-dealkylation sites (tertiary alicyclic amines) is 1. The fourth-order valence-corrected chi connectivity index (χ4v) is 4.86. The van der Waals surface area contributed by atoms with Gasteiger partial charge in [0, 0.05) is 44.6 Å². The molecular weight excluding hydrogens is 371 g/mol. The maximum Gasteiger partial charge on any atom is 0.240 e. The Labute approximate surface area is 174 Å². The second kappa shape index (κ2) is 9.00. The minimum Gasteiger partial charge on any atom is -0.496 e. The summed E-state index contributed by atoms with van der Waals surface area (Å²) < 4.78 is 27.0. The molecule has 2 aliphatic rings. The third-order valence-electron chi connectivity index (χ3n) is 6.18. The van der Waals surface area contributed by atoms with Crippen LogP contribution in [0, 0.1) is 5.92 Å². The van der Waals surface area contributed by atoms with Gasteiger partial charge in [0.25, 0.3) is 0 Å². The number of halogens is 1. The van der Waals surface area contributed by atoms with Crippen molar-refractivity contribution in [2.24, 2.45) is 5.92 Å². The highest BCUT2D eigenvalue weighted by Gasteiger charge is 2.42. The molecule has 0 radical (unpaired) electrons. The number of hydrogen-bond acceptors (Lipinski definition) is 4. The predicted octanol–water partition coefficient (Wildman–Crippen LogP) is 3.62. The molecule has 1 amide bonds. The summed E-state index contributed by atoms with van der Waals surface area (Å²) in [6, 6.07) is 7.09. The molecule has 1 aromatic carbocycles. The van der Waals surface area contributed by atoms with Gasteiger partial charge in [0.15, 0.2) is 0 Å². The molecule has 0 bridgehead atoms. The van der Waals surface area contributed by atoms with E-state index in [1.165, 1.54) is 0 Å². The molecule has 29 heavy (non-hydrogen) atoms. The van der Waals surface area contributed by atoms with E-state index >= 15 is 4.39 Å². The number of ether oxygens (including phenoxy) is 2. The number of hydrogen-bond donors (Lipinski definition) is 0. The second-order valence-corrected chi connectivity index (χ2v) is 8.89. The maximum atomic E-state index is 15.8. The van der Waals surface area contributed by atoms with Crippen LogP contribution in [0.2, 0.25) is 0 Å². The number of nitrogens with zero attached hydrogens (tertiary/aromatic N) is 2. The van der Waals surface area contributed by atoms with Gasteiger partial charge in [0.05, 0.1) is 25.4 Å². The smallest absolute Gasteiger partial charge is 0.240 e. The zero-order chi connectivity index (χ0) is 21.2. The number of carbonyl (C=O) groups is 1. The fraction of sp³-hybridized carbons (Fsp3) is 0.696. The van der Waals surface area contributed by atoms with Crippen molar-refractivity contribution in [1.29, 1.82) is 0 Å². The number of alkyl halides is 1. The number of para-hydroxylation sites is 1. The van der Waals surface area contributed by atoms with Crippen LogP contribution in [0.4, 0.5) is 4.39 Å². The van der Waals surface area contributed by atoms with Crippen LogP contribution in [0.5, 0.6) is 5.75 Å². The SMILES string of the molecule is COc1ccccc1C1(F)CCN(C(=O)C(C(C)C)N2CC(C)OC(C)C2)CC1. The van der Waals surface area contributed by atoms with E-state index in [9.17, 15) is 4.79 Å². The second-order valence-electron chi connectivity index (χ2n) is 8.89. The Morgan fingerprint density at radius 3 is 2.31 bits per heavy atom. The molecule has 2 aliphatic heterocycles.